The van der Waals surface area contributed by atoms with Crippen LogP contribution < -0.4 is 10.1 Å². The summed E-state index contributed by atoms with van der Waals surface area (Å²) in [6.45, 7) is 5.64. The van der Waals surface area contributed by atoms with E-state index >= 15 is 0 Å². The third-order valence-corrected chi connectivity index (χ3v) is 4.47. The van der Waals surface area contributed by atoms with Crippen LogP contribution in [0, 0.1) is 18.8 Å². The van der Waals surface area contributed by atoms with Gasteiger partial charge in [0.15, 0.2) is 0 Å². The largest absolute Gasteiger partial charge is 0.478 e. The maximum absolute atomic E-state index is 6.09. The molecular weight excluding hydrogens is 286 g/mol. The SMILES string of the molecule is CCCOc1cc(C)nc(NCC2CCCCC2CCl)n1. The number of aryl methyl sites for hydroxylation is 1. The highest BCUT2D eigenvalue weighted by atomic mass is 35.5. The molecule has 1 aliphatic carbocycles. The molecule has 1 saturated carbocycles. The lowest BCUT2D eigenvalue weighted by Gasteiger charge is -2.30. The highest BCUT2D eigenvalue weighted by molar-refractivity contribution is 6.18. The molecule has 2 unspecified atom stereocenters. The van der Waals surface area contributed by atoms with Gasteiger partial charge in [-0.05, 0) is 38.0 Å². The molecule has 118 valence electrons. The molecule has 1 aromatic rings. The number of nitrogens with one attached hydrogen (secondary N) is 1. The molecule has 1 fully saturated rings. The molecule has 0 amide bonds. The van der Waals surface area contributed by atoms with Crippen LogP contribution in [0.5, 0.6) is 5.88 Å². The zero-order valence-electron chi connectivity index (χ0n) is 13.1. The standard InChI is InChI=1S/C16H26ClN3O/c1-3-8-21-15-9-12(2)19-16(20-15)18-11-14-7-5-4-6-13(14)10-17/h9,13-14H,3-8,10-11H2,1-2H3,(H,18,19,20). The molecule has 0 spiro atoms. The van der Waals surface area contributed by atoms with Gasteiger partial charge in [-0.1, -0.05) is 19.8 Å². The topological polar surface area (TPSA) is 47.0 Å². The zero-order valence-corrected chi connectivity index (χ0v) is 13.8. The summed E-state index contributed by atoms with van der Waals surface area (Å²) in [6, 6.07) is 1.88. The fraction of sp³-hybridized carbons (Fsp3) is 0.750. The molecule has 2 atom stereocenters. The summed E-state index contributed by atoms with van der Waals surface area (Å²) < 4.78 is 5.60. The molecule has 21 heavy (non-hydrogen) atoms. The van der Waals surface area contributed by atoms with Gasteiger partial charge in [-0.25, -0.2) is 4.98 Å². The van der Waals surface area contributed by atoms with Crippen LogP contribution in [0.4, 0.5) is 5.95 Å². The number of anilines is 1. The molecule has 1 aromatic heterocycles. The van der Waals surface area contributed by atoms with Crippen molar-refractivity contribution >= 4 is 17.5 Å². The van der Waals surface area contributed by atoms with Crippen molar-refractivity contribution < 1.29 is 4.74 Å². The van der Waals surface area contributed by atoms with Gasteiger partial charge in [0.1, 0.15) is 0 Å². The van der Waals surface area contributed by atoms with Crippen molar-refractivity contribution in [2.24, 2.45) is 11.8 Å². The smallest absolute Gasteiger partial charge is 0.226 e. The third kappa shape index (κ3) is 5.03. The van der Waals surface area contributed by atoms with Crippen LogP contribution in [0.1, 0.15) is 44.7 Å². The molecule has 0 aliphatic heterocycles. The summed E-state index contributed by atoms with van der Waals surface area (Å²) in [7, 11) is 0. The first-order valence-electron chi connectivity index (χ1n) is 8.01. The van der Waals surface area contributed by atoms with Crippen molar-refractivity contribution in [3.63, 3.8) is 0 Å². The Labute approximate surface area is 132 Å². The van der Waals surface area contributed by atoms with Crippen LogP contribution >= 0.6 is 11.6 Å². The quantitative estimate of drug-likeness (QED) is 0.772. The first kappa shape index (κ1) is 16.3. The van der Waals surface area contributed by atoms with E-state index in [2.05, 4.69) is 22.2 Å². The molecule has 5 heteroatoms. The number of halogens is 1. The van der Waals surface area contributed by atoms with Crippen molar-refractivity contribution in [2.75, 3.05) is 24.3 Å². The summed E-state index contributed by atoms with van der Waals surface area (Å²) in [5.41, 5.74) is 0.927. The summed E-state index contributed by atoms with van der Waals surface area (Å²) in [5.74, 6) is 3.32. The molecule has 1 N–H and O–H groups in total. The average molecular weight is 312 g/mol. The van der Waals surface area contributed by atoms with Gasteiger partial charge in [0.05, 0.1) is 6.61 Å². The van der Waals surface area contributed by atoms with Crippen molar-refractivity contribution in [3.05, 3.63) is 11.8 Å². The molecule has 1 heterocycles. The second-order valence-corrected chi connectivity index (χ2v) is 6.17. The molecule has 0 aromatic carbocycles. The van der Waals surface area contributed by atoms with E-state index in [4.69, 9.17) is 16.3 Å². The van der Waals surface area contributed by atoms with Gasteiger partial charge in [0.25, 0.3) is 0 Å². The number of rotatable bonds is 7. The second kappa shape index (κ2) is 8.42. The molecule has 4 nitrogen and oxygen atoms in total. The fourth-order valence-corrected chi connectivity index (χ4v) is 3.28. The lowest BCUT2D eigenvalue weighted by molar-refractivity contribution is 0.271. The summed E-state index contributed by atoms with van der Waals surface area (Å²) in [5, 5.41) is 3.38. The molecule has 0 bridgehead atoms. The normalized spacial score (nSPS) is 22.0. The van der Waals surface area contributed by atoms with E-state index < -0.39 is 0 Å². The van der Waals surface area contributed by atoms with E-state index in [1.807, 2.05) is 13.0 Å². The average Bonchev–Trinajstić information content (AvgIpc) is 2.50. The Hall–Kier alpha value is -1.03. The Morgan fingerprint density at radius 3 is 2.76 bits per heavy atom. The van der Waals surface area contributed by atoms with Gasteiger partial charge in [-0.15, -0.1) is 11.6 Å². The Bertz CT molecular complexity index is 442. The van der Waals surface area contributed by atoms with Crippen LogP contribution in [0.15, 0.2) is 6.07 Å². The number of hydrogen-bond acceptors (Lipinski definition) is 4. The molecular formula is C16H26ClN3O. The van der Waals surface area contributed by atoms with E-state index in [1.54, 1.807) is 0 Å². The maximum Gasteiger partial charge on any atom is 0.226 e. The van der Waals surface area contributed by atoms with Crippen LogP contribution in [0.25, 0.3) is 0 Å². The van der Waals surface area contributed by atoms with Gasteiger partial charge in [-0.3, -0.25) is 0 Å². The lowest BCUT2D eigenvalue weighted by atomic mass is 9.80. The van der Waals surface area contributed by atoms with Crippen molar-refractivity contribution in [3.8, 4) is 5.88 Å². The minimum absolute atomic E-state index is 0.619. The highest BCUT2D eigenvalue weighted by Gasteiger charge is 2.24. The number of hydrogen-bond donors (Lipinski definition) is 1. The van der Waals surface area contributed by atoms with Crippen LogP contribution in [-0.4, -0.2) is 29.0 Å². The molecule has 2 rings (SSSR count). The Balaban J connectivity index is 1.93. The van der Waals surface area contributed by atoms with Crippen LogP contribution in [-0.2, 0) is 0 Å². The number of nitrogens with zero attached hydrogens (tertiary/aromatic N) is 2. The Morgan fingerprint density at radius 1 is 1.29 bits per heavy atom. The van der Waals surface area contributed by atoms with Gasteiger partial charge < -0.3 is 10.1 Å². The van der Waals surface area contributed by atoms with Gasteiger partial charge >= 0.3 is 0 Å². The van der Waals surface area contributed by atoms with Gasteiger partial charge in [0, 0.05) is 24.2 Å². The first-order valence-corrected chi connectivity index (χ1v) is 8.54. The summed E-state index contributed by atoms with van der Waals surface area (Å²) in [6.07, 6.45) is 6.08. The number of alkyl halides is 1. The minimum atomic E-state index is 0.619. The van der Waals surface area contributed by atoms with Crippen molar-refractivity contribution in [2.45, 2.75) is 46.0 Å². The van der Waals surface area contributed by atoms with E-state index in [-0.39, 0.29) is 0 Å². The third-order valence-electron chi connectivity index (χ3n) is 4.07. The van der Waals surface area contributed by atoms with E-state index in [0.29, 0.717) is 30.3 Å². The molecule has 0 saturated heterocycles. The summed E-state index contributed by atoms with van der Waals surface area (Å²) >= 11 is 6.09. The number of ether oxygens (including phenoxy) is 1. The Kier molecular flexibility index (Phi) is 6.55. The predicted molar refractivity (Wildman–Crippen MR) is 87.2 cm³/mol. The van der Waals surface area contributed by atoms with Gasteiger partial charge in [-0.2, -0.15) is 4.98 Å². The minimum Gasteiger partial charge on any atom is -0.478 e. The highest BCUT2D eigenvalue weighted by Crippen LogP contribution is 2.31. The fourth-order valence-electron chi connectivity index (χ4n) is 2.88. The van der Waals surface area contributed by atoms with Crippen molar-refractivity contribution in [1.82, 2.24) is 9.97 Å². The van der Waals surface area contributed by atoms with E-state index in [0.717, 1.165) is 24.5 Å². The monoisotopic (exact) mass is 311 g/mol. The van der Waals surface area contributed by atoms with Gasteiger partial charge in [0.2, 0.25) is 11.8 Å². The van der Waals surface area contributed by atoms with Crippen LogP contribution in [0.2, 0.25) is 0 Å². The number of aromatic nitrogens is 2. The Morgan fingerprint density at radius 2 is 2.05 bits per heavy atom. The van der Waals surface area contributed by atoms with E-state index in [9.17, 15) is 0 Å². The molecule has 0 radical (unpaired) electrons. The maximum atomic E-state index is 6.09. The summed E-state index contributed by atoms with van der Waals surface area (Å²) in [4.78, 5) is 8.87. The lowest BCUT2D eigenvalue weighted by Crippen LogP contribution is -2.28. The van der Waals surface area contributed by atoms with Crippen LogP contribution in [0.3, 0.4) is 0 Å². The predicted octanol–water partition coefficient (Wildman–Crippen LogP) is 4.03. The second-order valence-electron chi connectivity index (χ2n) is 5.86. The molecule has 1 aliphatic rings. The zero-order chi connectivity index (χ0) is 15.1. The first-order chi connectivity index (χ1) is 10.2. The van der Waals surface area contributed by atoms with Crippen molar-refractivity contribution in [1.29, 1.82) is 0 Å². The van der Waals surface area contributed by atoms with E-state index in [1.165, 1.54) is 25.7 Å².